The molecule has 0 aliphatic heterocycles. The highest BCUT2D eigenvalue weighted by Gasteiger charge is 2.37. The number of aldehydes is 1. The number of carbonyl (C=O) groups is 2. The van der Waals surface area contributed by atoms with Gasteiger partial charge in [-0.1, -0.05) is 18.2 Å². The standard InChI is InChI=1S/C11H9BrF2O3/c1-17-9(16)5-11(13,14)8-4-2-3-7(6-15)10(8)12/h2-4,6H,5H2,1H3. The fourth-order valence-electron chi connectivity index (χ4n) is 1.27. The van der Waals surface area contributed by atoms with Gasteiger partial charge in [0.2, 0.25) is 0 Å². The second-order valence-corrected chi connectivity index (χ2v) is 4.08. The summed E-state index contributed by atoms with van der Waals surface area (Å²) in [6, 6.07) is 3.88. The van der Waals surface area contributed by atoms with Crippen molar-refractivity contribution in [3.8, 4) is 0 Å². The van der Waals surface area contributed by atoms with Gasteiger partial charge in [0, 0.05) is 15.6 Å². The molecule has 1 aromatic rings. The molecule has 3 nitrogen and oxygen atoms in total. The van der Waals surface area contributed by atoms with E-state index in [1.807, 2.05) is 0 Å². The Morgan fingerprint density at radius 2 is 2.18 bits per heavy atom. The predicted octanol–water partition coefficient (Wildman–Crippen LogP) is 2.92. The number of rotatable bonds is 4. The summed E-state index contributed by atoms with van der Waals surface area (Å²) in [6.07, 6.45) is -0.605. The van der Waals surface area contributed by atoms with Crippen LogP contribution in [-0.2, 0) is 15.5 Å². The van der Waals surface area contributed by atoms with Crippen LogP contribution in [-0.4, -0.2) is 19.4 Å². The highest BCUT2D eigenvalue weighted by atomic mass is 79.9. The summed E-state index contributed by atoms with van der Waals surface area (Å²) in [4.78, 5) is 21.5. The van der Waals surface area contributed by atoms with E-state index in [-0.39, 0.29) is 10.0 Å². The Hall–Kier alpha value is -1.30. The molecule has 0 aliphatic rings. The van der Waals surface area contributed by atoms with Crippen LogP contribution < -0.4 is 0 Å². The third-order valence-corrected chi connectivity index (χ3v) is 3.03. The van der Waals surface area contributed by atoms with Gasteiger partial charge >= 0.3 is 5.97 Å². The van der Waals surface area contributed by atoms with Crippen LogP contribution in [0, 0.1) is 0 Å². The molecule has 0 atom stereocenters. The zero-order valence-electron chi connectivity index (χ0n) is 8.88. The third kappa shape index (κ3) is 3.09. The lowest BCUT2D eigenvalue weighted by Crippen LogP contribution is -2.20. The molecule has 6 heteroatoms. The van der Waals surface area contributed by atoms with E-state index in [0.29, 0.717) is 6.29 Å². The van der Waals surface area contributed by atoms with Crippen molar-refractivity contribution in [1.82, 2.24) is 0 Å². The van der Waals surface area contributed by atoms with Crippen molar-refractivity contribution in [3.05, 3.63) is 33.8 Å². The Bertz CT molecular complexity index is 446. The summed E-state index contributed by atoms with van der Waals surface area (Å²) in [5, 5.41) is 0. The Kier molecular flexibility index (Phi) is 4.34. The van der Waals surface area contributed by atoms with Gasteiger partial charge in [0.25, 0.3) is 5.92 Å². The molecule has 0 saturated carbocycles. The molecule has 0 spiro atoms. The summed E-state index contributed by atoms with van der Waals surface area (Å²) < 4.78 is 31.6. The van der Waals surface area contributed by atoms with Crippen LogP contribution in [0.25, 0.3) is 0 Å². The first-order valence-electron chi connectivity index (χ1n) is 4.61. The van der Waals surface area contributed by atoms with Gasteiger partial charge in [0.1, 0.15) is 6.42 Å². The summed E-state index contributed by atoms with van der Waals surface area (Å²) in [6.45, 7) is 0. The van der Waals surface area contributed by atoms with E-state index in [4.69, 9.17) is 0 Å². The average molecular weight is 307 g/mol. The molecule has 1 rings (SSSR count). The smallest absolute Gasteiger partial charge is 0.312 e. The second-order valence-electron chi connectivity index (χ2n) is 3.28. The lowest BCUT2D eigenvalue weighted by Gasteiger charge is -2.17. The van der Waals surface area contributed by atoms with E-state index >= 15 is 0 Å². The molecule has 0 unspecified atom stereocenters. The molecule has 0 fully saturated rings. The van der Waals surface area contributed by atoms with Crippen LogP contribution in [0.5, 0.6) is 0 Å². The molecule has 0 heterocycles. The number of carbonyl (C=O) groups excluding carboxylic acids is 2. The molecule has 0 aromatic heterocycles. The number of alkyl halides is 2. The maximum Gasteiger partial charge on any atom is 0.312 e. The van der Waals surface area contributed by atoms with Crippen LogP contribution in [0.3, 0.4) is 0 Å². The van der Waals surface area contributed by atoms with Gasteiger partial charge in [-0.25, -0.2) is 8.78 Å². The summed E-state index contributed by atoms with van der Waals surface area (Å²) >= 11 is 2.93. The highest BCUT2D eigenvalue weighted by Crippen LogP contribution is 2.37. The van der Waals surface area contributed by atoms with E-state index in [1.165, 1.54) is 12.1 Å². The van der Waals surface area contributed by atoms with E-state index < -0.39 is 23.9 Å². The van der Waals surface area contributed by atoms with Gasteiger partial charge in [-0.15, -0.1) is 0 Å². The molecule has 0 N–H and O–H groups in total. The first-order chi connectivity index (χ1) is 7.92. The molecule has 17 heavy (non-hydrogen) atoms. The topological polar surface area (TPSA) is 43.4 Å². The maximum absolute atomic E-state index is 13.7. The minimum Gasteiger partial charge on any atom is -0.469 e. The van der Waals surface area contributed by atoms with E-state index in [0.717, 1.165) is 13.2 Å². The first-order valence-corrected chi connectivity index (χ1v) is 5.40. The van der Waals surface area contributed by atoms with Crippen molar-refractivity contribution < 1.29 is 23.1 Å². The largest absolute Gasteiger partial charge is 0.469 e. The lowest BCUT2D eigenvalue weighted by molar-refractivity contribution is -0.149. The Balaban J connectivity index is 3.14. The van der Waals surface area contributed by atoms with Crippen LogP contribution in [0.1, 0.15) is 22.3 Å². The molecule has 92 valence electrons. The van der Waals surface area contributed by atoms with Crippen molar-refractivity contribution in [2.24, 2.45) is 0 Å². The molecule has 0 radical (unpaired) electrons. The number of methoxy groups -OCH3 is 1. The third-order valence-electron chi connectivity index (χ3n) is 2.14. The van der Waals surface area contributed by atoms with Gasteiger partial charge in [0.05, 0.1) is 7.11 Å². The number of hydrogen-bond donors (Lipinski definition) is 0. The molecule has 1 aromatic carbocycles. The SMILES string of the molecule is COC(=O)CC(F)(F)c1cccc(C=O)c1Br. The van der Waals surface area contributed by atoms with Crippen LogP contribution in [0.2, 0.25) is 0 Å². The Morgan fingerprint density at radius 3 is 2.71 bits per heavy atom. The fraction of sp³-hybridized carbons (Fsp3) is 0.273. The number of halogens is 3. The van der Waals surface area contributed by atoms with Gasteiger partial charge in [-0.2, -0.15) is 0 Å². The van der Waals surface area contributed by atoms with Crippen molar-refractivity contribution in [2.45, 2.75) is 12.3 Å². The zero-order chi connectivity index (χ0) is 13.1. The molecule has 0 amide bonds. The van der Waals surface area contributed by atoms with Crippen molar-refractivity contribution in [3.63, 3.8) is 0 Å². The monoisotopic (exact) mass is 306 g/mol. The number of esters is 1. The number of benzene rings is 1. The van der Waals surface area contributed by atoms with Crippen molar-refractivity contribution in [2.75, 3.05) is 7.11 Å². The number of hydrogen-bond acceptors (Lipinski definition) is 3. The van der Waals surface area contributed by atoms with Gasteiger partial charge < -0.3 is 4.74 Å². The molecular weight excluding hydrogens is 298 g/mol. The molecule has 0 aliphatic carbocycles. The summed E-state index contributed by atoms with van der Waals surface area (Å²) in [7, 11) is 1.04. The molecule has 0 bridgehead atoms. The van der Waals surface area contributed by atoms with E-state index in [9.17, 15) is 18.4 Å². The molecular formula is C11H9BrF2O3. The van der Waals surface area contributed by atoms with Crippen LogP contribution >= 0.6 is 15.9 Å². The summed E-state index contributed by atoms with van der Waals surface area (Å²) in [5.41, 5.74) is -0.306. The van der Waals surface area contributed by atoms with Gasteiger partial charge in [-0.05, 0) is 15.9 Å². The first kappa shape index (κ1) is 13.8. The van der Waals surface area contributed by atoms with Crippen molar-refractivity contribution in [1.29, 1.82) is 0 Å². The fourth-order valence-corrected chi connectivity index (χ4v) is 1.92. The van der Waals surface area contributed by atoms with Gasteiger partial charge in [0.15, 0.2) is 6.29 Å². The van der Waals surface area contributed by atoms with E-state index in [2.05, 4.69) is 20.7 Å². The van der Waals surface area contributed by atoms with Crippen LogP contribution in [0.4, 0.5) is 8.78 Å². The predicted molar refractivity (Wildman–Crippen MR) is 60.1 cm³/mol. The minimum atomic E-state index is -3.38. The van der Waals surface area contributed by atoms with Crippen molar-refractivity contribution >= 4 is 28.2 Å². The normalized spacial score (nSPS) is 11.1. The van der Waals surface area contributed by atoms with E-state index in [1.54, 1.807) is 0 Å². The van der Waals surface area contributed by atoms with Gasteiger partial charge in [-0.3, -0.25) is 9.59 Å². The lowest BCUT2D eigenvalue weighted by atomic mass is 10.0. The molecule has 0 saturated heterocycles. The zero-order valence-corrected chi connectivity index (χ0v) is 10.5. The Labute approximate surface area is 105 Å². The quantitative estimate of drug-likeness (QED) is 0.634. The minimum absolute atomic E-state index is 0.0103. The Morgan fingerprint density at radius 1 is 1.53 bits per heavy atom. The summed E-state index contributed by atoms with van der Waals surface area (Å²) in [5.74, 6) is -4.40. The highest BCUT2D eigenvalue weighted by molar-refractivity contribution is 9.10. The van der Waals surface area contributed by atoms with Crippen LogP contribution in [0.15, 0.2) is 22.7 Å². The second kappa shape index (κ2) is 5.35. The average Bonchev–Trinajstić information content (AvgIpc) is 2.28. The maximum atomic E-state index is 13.7. The number of ether oxygens (including phenoxy) is 1.